The molecular formula is C13H18F3NO. The van der Waals surface area contributed by atoms with E-state index in [1.165, 1.54) is 12.1 Å². The van der Waals surface area contributed by atoms with E-state index in [4.69, 9.17) is 5.11 Å². The topological polar surface area (TPSA) is 32.3 Å². The maximum absolute atomic E-state index is 13.0. The zero-order valence-corrected chi connectivity index (χ0v) is 10.5. The molecule has 0 aliphatic carbocycles. The third kappa shape index (κ3) is 4.31. The van der Waals surface area contributed by atoms with E-state index in [0.717, 1.165) is 0 Å². The zero-order valence-electron chi connectivity index (χ0n) is 10.5. The molecule has 2 N–H and O–H groups in total. The van der Waals surface area contributed by atoms with Gasteiger partial charge in [0.05, 0.1) is 0 Å². The normalized spacial score (nSPS) is 14.6. The minimum Gasteiger partial charge on any atom is -0.396 e. The Morgan fingerprint density at radius 3 is 2.17 bits per heavy atom. The SMILES string of the molecule is CC(C)(CO)CNC(c1ccccc1)C(F)(F)F. The Bertz CT molecular complexity index is 362. The van der Waals surface area contributed by atoms with Crippen molar-refractivity contribution in [2.75, 3.05) is 13.2 Å². The van der Waals surface area contributed by atoms with Crippen molar-refractivity contribution in [2.24, 2.45) is 5.41 Å². The van der Waals surface area contributed by atoms with Gasteiger partial charge in [0.2, 0.25) is 0 Å². The van der Waals surface area contributed by atoms with Crippen LogP contribution in [-0.4, -0.2) is 24.4 Å². The van der Waals surface area contributed by atoms with Crippen molar-refractivity contribution in [3.8, 4) is 0 Å². The molecular weight excluding hydrogens is 243 g/mol. The fraction of sp³-hybridized carbons (Fsp3) is 0.538. The van der Waals surface area contributed by atoms with Crippen molar-refractivity contribution in [3.05, 3.63) is 35.9 Å². The first-order chi connectivity index (χ1) is 8.26. The molecule has 0 spiro atoms. The van der Waals surface area contributed by atoms with E-state index in [0.29, 0.717) is 0 Å². The van der Waals surface area contributed by atoms with Crippen LogP contribution in [0.25, 0.3) is 0 Å². The molecule has 0 aromatic heterocycles. The predicted molar refractivity (Wildman–Crippen MR) is 64.1 cm³/mol. The third-order valence-corrected chi connectivity index (χ3v) is 2.67. The van der Waals surface area contributed by atoms with Gasteiger partial charge in [0.1, 0.15) is 6.04 Å². The summed E-state index contributed by atoms with van der Waals surface area (Å²) in [5.74, 6) is 0. The summed E-state index contributed by atoms with van der Waals surface area (Å²) in [6.07, 6.45) is -4.35. The van der Waals surface area contributed by atoms with Crippen LogP contribution in [0.1, 0.15) is 25.5 Å². The van der Waals surface area contributed by atoms with Gasteiger partial charge < -0.3 is 10.4 Å². The number of hydrogen-bond acceptors (Lipinski definition) is 2. The maximum Gasteiger partial charge on any atom is 0.407 e. The van der Waals surface area contributed by atoms with Gasteiger partial charge in [-0.3, -0.25) is 0 Å². The van der Waals surface area contributed by atoms with Crippen LogP contribution in [0.3, 0.4) is 0 Å². The summed E-state index contributed by atoms with van der Waals surface area (Å²) in [6.45, 7) is 3.33. The quantitative estimate of drug-likeness (QED) is 0.854. The van der Waals surface area contributed by atoms with E-state index in [-0.39, 0.29) is 18.7 Å². The summed E-state index contributed by atoms with van der Waals surface area (Å²) in [6, 6.07) is 6.01. The molecule has 0 amide bonds. The van der Waals surface area contributed by atoms with Crippen molar-refractivity contribution in [3.63, 3.8) is 0 Å². The first-order valence-electron chi connectivity index (χ1n) is 5.72. The Morgan fingerprint density at radius 2 is 1.72 bits per heavy atom. The molecule has 1 unspecified atom stereocenters. The van der Waals surface area contributed by atoms with E-state index in [1.807, 2.05) is 0 Å². The first kappa shape index (κ1) is 15.0. The fourth-order valence-electron chi connectivity index (χ4n) is 1.50. The zero-order chi connectivity index (χ0) is 13.8. The molecule has 1 rings (SSSR count). The van der Waals surface area contributed by atoms with E-state index in [9.17, 15) is 13.2 Å². The fourth-order valence-corrected chi connectivity index (χ4v) is 1.50. The van der Waals surface area contributed by atoms with Crippen LogP contribution in [0.5, 0.6) is 0 Å². The summed E-state index contributed by atoms with van der Waals surface area (Å²) >= 11 is 0. The van der Waals surface area contributed by atoms with Crippen molar-refractivity contribution in [2.45, 2.75) is 26.1 Å². The minimum absolute atomic E-state index is 0.0859. The van der Waals surface area contributed by atoms with E-state index in [2.05, 4.69) is 5.32 Å². The molecule has 1 aromatic rings. The summed E-state index contributed by atoms with van der Waals surface area (Å²) in [4.78, 5) is 0. The van der Waals surface area contributed by atoms with Gasteiger partial charge in [0, 0.05) is 18.6 Å². The molecule has 0 aliphatic rings. The second-order valence-electron chi connectivity index (χ2n) is 5.09. The van der Waals surface area contributed by atoms with Crippen LogP contribution in [0.15, 0.2) is 30.3 Å². The molecule has 1 atom stereocenters. The summed E-state index contributed by atoms with van der Waals surface area (Å²) in [7, 11) is 0. The molecule has 0 heterocycles. The van der Waals surface area contributed by atoms with Gasteiger partial charge in [-0.2, -0.15) is 13.2 Å². The molecule has 1 aromatic carbocycles. The van der Waals surface area contributed by atoms with Crippen LogP contribution < -0.4 is 5.32 Å². The molecule has 0 fully saturated rings. The molecule has 102 valence electrons. The van der Waals surface area contributed by atoms with Crippen LogP contribution in [0.2, 0.25) is 0 Å². The highest BCUT2D eigenvalue weighted by atomic mass is 19.4. The summed E-state index contributed by atoms with van der Waals surface area (Å²) in [5.41, 5.74) is -0.406. The lowest BCUT2D eigenvalue weighted by Gasteiger charge is -2.28. The molecule has 0 saturated heterocycles. The van der Waals surface area contributed by atoms with Crippen molar-refractivity contribution in [1.29, 1.82) is 0 Å². The number of aliphatic hydroxyl groups excluding tert-OH is 1. The predicted octanol–water partition coefficient (Wildman–Crippen LogP) is 2.90. The first-order valence-corrected chi connectivity index (χ1v) is 5.72. The number of nitrogens with one attached hydrogen (secondary N) is 1. The largest absolute Gasteiger partial charge is 0.407 e. The Hall–Kier alpha value is -1.07. The Kier molecular flexibility index (Phi) is 4.76. The molecule has 2 nitrogen and oxygen atoms in total. The monoisotopic (exact) mass is 261 g/mol. The second-order valence-corrected chi connectivity index (χ2v) is 5.09. The van der Waals surface area contributed by atoms with Gasteiger partial charge in [0.15, 0.2) is 0 Å². The Labute approximate surface area is 105 Å². The minimum atomic E-state index is -4.35. The molecule has 0 radical (unpaired) electrons. The number of aliphatic hydroxyl groups is 1. The standard InChI is InChI=1S/C13H18F3NO/c1-12(2,9-18)8-17-11(13(14,15)16)10-6-4-3-5-7-10/h3-7,11,17-18H,8-9H2,1-2H3. The lowest BCUT2D eigenvalue weighted by Crippen LogP contribution is -2.40. The van der Waals surface area contributed by atoms with Gasteiger partial charge >= 0.3 is 6.18 Å². The van der Waals surface area contributed by atoms with Crippen LogP contribution in [0.4, 0.5) is 13.2 Å². The van der Waals surface area contributed by atoms with Gasteiger partial charge in [0.25, 0.3) is 0 Å². The van der Waals surface area contributed by atoms with Gasteiger partial charge in [-0.25, -0.2) is 0 Å². The summed E-state index contributed by atoms with van der Waals surface area (Å²) in [5, 5.41) is 11.5. The molecule has 0 aliphatic heterocycles. The van der Waals surface area contributed by atoms with Gasteiger partial charge in [-0.15, -0.1) is 0 Å². The number of benzene rings is 1. The van der Waals surface area contributed by atoms with E-state index < -0.39 is 17.6 Å². The highest BCUT2D eigenvalue weighted by molar-refractivity contribution is 5.20. The maximum atomic E-state index is 13.0. The van der Waals surface area contributed by atoms with Crippen molar-refractivity contribution in [1.82, 2.24) is 5.32 Å². The van der Waals surface area contributed by atoms with E-state index in [1.54, 1.807) is 32.0 Å². The van der Waals surface area contributed by atoms with Crippen molar-refractivity contribution >= 4 is 0 Å². The Balaban J connectivity index is 2.82. The number of halogens is 3. The van der Waals surface area contributed by atoms with Crippen LogP contribution in [0, 0.1) is 5.41 Å². The van der Waals surface area contributed by atoms with Gasteiger partial charge in [-0.1, -0.05) is 44.2 Å². The average Bonchev–Trinajstić information content (AvgIpc) is 2.29. The van der Waals surface area contributed by atoms with Crippen LogP contribution in [-0.2, 0) is 0 Å². The van der Waals surface area contributed by atoms with E-state index >= 15 is 0 Å². The number of hydrogen-bond donors (Lipinski definition) is 2. The van der Waals surface area contributed by atoms with Crippen LogP contribution >= 0.6 is 0 Å². The lowest BCUT2D eigenvalue weighted by molar-refractivity contribution is -0.159. The Morgan fingerprint density at radius 1 is 1.17 bits per heavy atom. The molecule has 0 bridgehead atoms. The average molecular weight is 261 g/mol. The highest BCUT2D eigenvalue weighted by Gasteiger charge is 2.41. The smallest absolute Gasteiger partial charge is 0.396 e. The lowest BCUT2D eigenvalue weighted by atomic mass is 9.94. The second kappa shape index (κ2) is 5.71. The number of alkyl halides is 3. The highest BCUT2D eigenvalue weighted by Crippen LogP contribution is 2.33. The third-order valence-electron chi connectivity index (χ3n) is 2.67. The summed E-state index contributed by atoms with van der Waals surface area (Å²) < 4.78 is 38.9. The number of rotatable bonds is 5. The molecule has 18 heavy (non-hydrogen) atoms. The van der Waals surface area contributed by atoms with Crippen molar-refractivity contribution < 1.29 is 18.3 Å². The van der Waals surface area contributed by atoms with Gasteiger partial charge in [-0.05, 0) is 5.56 Å². The molecule has 0 saturated carbocycles. The molecule has 5 heteroatoms.